The number of fused-ring (bicyclic) bond motifs is 6. The molecule has 0 aliphatic rings. The van der Waals surface area contributed by atoms with Gasteiger partial charge in [-0.25, -0.2) is 4.98 Å². The van der Waals surface area contributed by atoms with Gasteiger partial charge >= 0.3 is 0 Å². The zero-order chi connectivity index (χ0) is 29.0. The van der Waals surface area contributed by atoms with Gasteiger partial charge in [0.25, 0.3) is 0 Å². The monoisotopic (exact) mass is 562 g/mol. The molecule has 206 valence electrons. The molecule has 0 fully saturated rings. The Morgan fingerprint density at radius 3 is 1.61 bits per heavy atom. The highest BCUT2D eigenvalue weighted by molar-refractivity contribution is 6.16. The summed E-state index contributed by atoms with van der Waals surface area (Å²) in [6.07, 6.45) is 1.87. The largest absolute Gasteiger partial charge is 0.293 e. The first-order valence-electron chi connectivity index (χ1n) is 14.9. The Morgan fingerprint density at radius 1 is 0.409 bits per heavy atom. The number of hydrogen-bond acceptors (Lipinski definition) is 2. The van der Waals surface area contributed by atoms with E-state index in [9.17, 15) is 0 Å². The molecule has 4 heteroatoms. The quantitative estimate of drug-likeness (QED) is 0.214. The first kappa shape index (κ1) is 24.6. The zero-order valence-electron chi connectivity index (χ0n) is 23.8. The molecule has 9 aromatic rings. The maximum atomic E-state index is 5.56. The van der Waals surface area contributed by atoms with E-state index in [0.29, 0.717) is 0 Å². The van der Waals surface area contributed by atoms with Crippen molar-refractivity contribution < 1.29 is 0 Å². The van der Waals surface area contributed by atoms with E-state index in [0.717, 1.165) is 66.7 Å². The highest BCUT2D eigenvalue weighted by atomic mass is 15.1. The van der Waals surface area contributed by atoms with Crippen molar-refractivity contribution in [3.63, 3.8) is 0 Å². The molecule has 0 unspecified atom stereocenters. The van der Waals surface area contributed by atoms with Gasteiger partial charge in [-0.05, 0) is 47.5 Å². The van der Waals surface area contributed by atoms with Crippen LogP contribution in [-0.4, -0.2) is 19.1 Å². The molecule has 4 aromatic heterocycles. The SMILES string of the molecule is c1ccc(-c2ccccc2-n2c3ccccc3c3cc4c5ncccc5n(-c5ccccc5-c5ccccc5)c4nc32)cc1. The molecule has 0 radical (unpaired) electrons. The van der Waals surface area contributed by atoms with Gasteiger partial charge in [-0.2, -0.15) is 0 Å². The third-order valence-corrected chi connectivity index (χ3v) is 8.58. The molecule has 0 aliphatic heterocycles. The van der Waals surface area contributed by atoms with Crippen molar-refractivity contribution in [1.29, 1.82) is 0 Å². The van der Waals surface area contributed by atoms with Crippen LogP contribution in [0.5, 0.6) is 0 Å². The predicted octanol–water partition coefficient (Wildman–Crippen LogP) is 10.0. The van der Waals surface area contributed by atoms with Gasteiger partial charge in [-0.3, -0.25) is 14.1 Å². The van der Waals surface area contributed by atoms with Crippen LogP contribution in [0.1, 0.15) is 0 Å². The van der Waals surface area contributed by atoms with E-state index in [1.54, 1.807) is 0 Å². The summed E-state index contributed by atoms with van der Waals surface area (Å²) in [5, 5.41) is 3.31. The van der Waals surface area contributed by atoms with Crippen LogP contribution < -0.4 is 0 Å². The average Bonchev–Trinajstić information content (AvgIpc) is 3.60. The molecule has 0 N–H and O–H groups in total. The third kappa shape index (κ3) is 3.64. The summed E-state index contributed by atoms with van der Waals surface area (Å²) in [6.45, 7) is 0. The molecule has 5 aromatic carbocycles. The van der Waals surface area contributed by atoms with Crippen LogP contribution in [0.15, 0.2) is 158 Å². The van der Waals surface area contributed by atoms with Crippen LogP contribution in [0.3, 0.4) is 0 Å². The summed E-state index contributed by atoms with van der Waals surface area (Å²) in [5.41, 5.74) is 11.7. The van der Waals surface area contributed by atoms with Crippen LogP contribution in [0.2, 0.25) is 0 Å². The van der Waals surface area contributed by atoms with Gasteiger partial charge in [0.15, 0.2) is 0 Å². The van der Waals surface area contributed by atoms with Gasteiger partial charge in [0.05, 0.1) is 27.9 Å². The van der Waals surface area contributed by atoms with Gasteiger partial charge in [-0.15, -0.1) is 0 Å². The minimum absolute atomic E-state index is 0.885. The van der Waals surface area contributed by atoms with E-state index in [-0.39, 0.29) is 0 Å². The first-order valence-corrected chi connectivity index (χ1v) is 14.9. The number of pyridine rings is 2. The van der Waals surface area contributed by atoms with E-state index in [1.807, 2.05) is 12.3 Å². The van der Waals surface area contributed by atoms with Crippen molar-refractivity contribution in [1.82, 2.24) is 19.1 Å². The van der Waals surface area contributed by atoms with E-state index in [4.69, 9.17) is 9.97 Å². The number of para-hydroxylation sites is 3. The number of hydrogen-bond donors (Lipinski definition) is 0. The maximum Gasteiger partial charge on any atom is 0.149 e. The van der Waals surface area contributed by atoms with E-state index in [2.05, 4.69) is 155 Å². The Hall–Kier alpha value is -6.00. The maximum absolute atomic E-state index is 5.56. The molecule has 0 saturated heterocycles. The Kier molecular flexibility index (Phi) is 5.47. The fourth-order valence-corrected chi connectivity index (χ4v) is 6.67. The molecule has 4 nitrogen and oxygen atoms in total. The predicted molar refractivity (Wildman–Crippen MR) is 182 cm³/mol. The normalized spacial score (nSPS) is 11.6. The lowest BCUT2D eigenvalue weighted by molar-refractivity contribution is 1.11. The number of rotatable bonds is 4. The smallest absolute Gasteiger partial charge is 0.149 e. The van der Waals surface area contributed by atoms with Gasteiger partial charge in [0, 0.05) is 33.5 Å². The Balaban J connectivity index is 1.43. The molecular weight excluding hydrogens is 536 g/mol. The topological polar surface area (TPSA) is 35.6 Å². The number of benzene rings is 5. The molecule has 4 heterocycles. The minimum Gasteiger partial charge on any atom is -0.293 e. The van der Waals surface area contributed by atoms with Crippen molar-refractivity contribution in [3.8, 4) is 33.6 Å². The van der Waals surface area contributed by atoms with Gasteiger partial charge in [0.1, 0.15) is 11.3 Å². The van der Waals surface area contributed by atoms with Crippen LogP contribution in [0, 0.1) is 0 Å². The fraction of sp³-hybridized carbons (Fsp3) is 0. The van der Waals surface area contributed by atoms with Crippen LogP contribution >= 0.6 is 0 Å². The number of aromatic nitrogens is 4. The lowest BCUT2D eigenvalue weighted by Gasteiger charge is -2.15. The van der Waals surface area contributed by atoms with Crippen LogP contribution in [0.25, 0.3) is 77.6 Å². The lowest BCUT2D eigenvalue weighted by atomic mass is 10.0. The Morgan fingerprint density at radius 2 is 0.932 bits per heavy atom. The summed E-state index contributed by atoms with van der Waals surface area (Å²) in [7, 11) is 0. The molecule has 0 atom stereocenters. The van der Waals surface area contributed by atoms with Crippen molar-refractivity contribution in [2.45, 2.75) is 0 Å². The first-order chi connectivity index (χ1) is 21.9. The zero-order valence-corrected chi connectivity index (χ0v) is 23.8. The summed E-state index contributed by atoms with van der Waals surface area (Å²) >= 11 is 0. The van der Waals surface area contributed by atoms with Crippen molar-refractivity contribution in [3.05, 3.63) is 158 Å². The summed E-state index contributed by atoms with van der Waals surface area (Å²) in [5.74, 6) is 0. The van der Waals surface area contributed by atoms with Gasteiger partial charge < -0.3 is 0 Å². The van der Waals surface area contributed by atoms with Crippen LogP contribution in [-0.2, 0) is 0 Å². The second kappa shape index (κ2) is 9.79. The second-order valence-electron chi connectivity index (χ2n) is 11.1. The molecule has 9 rings (SSSR count). The second-order valence-corrected chi connectivity index (χ2v) is 11.1. The third-order valence-electron chi connectivity index (χ3n) is 8.58. The summed E-state index contributed by atoms with van der Waals surface area (Å²) in [6, 6.07) is 53.4. The molecule has 44 heavy (non-hydrogen) atoms. The Labute approximate surface area is 254 Å². The molecule has 0 saturated carbocycles. The molecule has 0 spiro atoms. The van der Waals surface area contributed by atoms with Gasteiger partial charge in [-0.1, -0.05) is 115 Å². The van der Waals surface area contributed by atoms with Crippen LogP contribution in [0.4, 0.5) is 0 Å². The fourth-order valence-electron chi connectivity index (χ4n) is 6.67. The molecule has 0 amide bonds. The minimum atomic E-state index is 0.885. The molecular formula is C40H26N4. The van der Waals surface area contributed by atoms with E-state index in [1.165, 1.54) is 10.9 Å². The van der Waals surface area contributed by atoms with E-state index < -0.39 is 0 Å². The van der Waals surface area contributed by atoms with Crippen molar-refractivity contribution in [2.24, 2.45) is 0 Å². The summed E-state index contributed by atoms with van der Waals surface area (Å²) < 4.78 is 4.61. The standard InChI is InChI=1S/C40H26N4/c1-3-14-27(15-4-1)29-18-7-10-21-34(29)43-36-23-12-9-20-31(36)32-26-33-38-37(24-13-25-41-38)44(40(33)42-39(32)43)35-22-11-8-19-30(35)28-16-5-2-6-17-28/h1-26H. The van der Waals surface area contributed by atoms with Gasteiger partial charge in [0.2, 0.25) is 0 Å². The Bertz CT molecular complexity index is 2320. The lowest BCUT2D eigenvalue weighted by Crippen LogP contribution is -2.01. The molecule has 0 aliphatic carbocycles. The van der Waals surface area contributed by atoms with Crippen molar-refractivity contribution >= 4 is 44.0 Å². The molecule has 0 bridgehead atoms. The van der Waals surface area contributed by atoms with E-state index >= 15 is 0 Å². The van der Waals surface area contributed by atoms with Crippen molar-refractivity contribution in [2.75, 3.05) is 0 Å². The number of nitrogens with zero attached hydrogens (tertiary/aromatic N) is 4. The highest BCUT2D eigenvalue weighted by Crippen LogP contribution is 2.40. The highest BCUT2D eigenvalue weighted by Gasteiger charge is 2.22. The summed E-state index contributed by atoms with van der Waals surface area (Å²) in [4.78, 5) is 10.5. The average molecular weight is 563 g/mol.